The van der Waals surface area contributed by atoms with E-state index in [0.29, 0.717) is 17.9 Å². The first kappa shape index (κ1) is 17.2. The van der Waals surface area contributed by atoms with Crippen LogP contribution in [0.2, 0.25) is 0 Å². The molecule has 0 radical (unpaired) electrons. The number of nitrogens with one attached hydrogen (secondary N) is 2. The summed E-state index contributed by atoms with van der Waals surface area (Å²) in [5, 5.41) is 20.1. The Morgan fingerprint density at radius 2 is 2.12 bits per heavy atom. The Kier molecular flexibility index (Phi) is 5.28. The van der Waals surface area contributed by atoms with Crippen molar-refractivity contribution >= 4 is 12.1 Å². The predicted molar refractivity (Wildman–Crippen MR) is 98.4 cm³/mol. The van der Waals surface area contributed by atoms with Crippen LogP contribution in [0, 0.1) is 0 Å². The number of nitrogens with zero attached hydrogens (tertiary/aromatic N) is 2. The zero-order valence-electron chi connectivity index (χ0n) is 14.1. The SMILES string of the molecule is CCOc1cccc(-c2cc(C(=O)NN=Cc3cccc(O)c3)[nH]n2)c1. The van der Waals surface area contributed by atoms with Crippen LogP contribution in [-0.2, 0) is 0 Å². The second kappa shape index (κ2) is 7.98. The molecule has 7 heteroatoms. The Hall–Kier alpha value is -3.61. The number of aromatic nitrogens is 2. The van der Waals surface area contributed by atoms with Crippen LogP contribution in [0.1, 0.15) is 23.0 Å². The monoisotopic (exact) mass is 350 g/mol. The second-order valence-corrected chi connectivity index (χ2v) is 5.42. The first-order valence-electron chi connectivity index (χ1n) is 8.07. The Morgan fingerprint density at radius 1 is 1.27 bits per heavy atom. The Labute approximate surface area is 150 Å². The largest absolute Gasteiger partial charge is 0.508 e. The van der Waals surface area contributed by atoms with Gasteiger partial charge in [-0.05, 0) is 42.8 Å². The maximum Gasteiger partial charge on any atom is 0.289 e. The molecule has 26 heavy (non-hydrogen) atoms. The van der Waals surface area contributed by atoms with Crippen LogP contribution in [0.3, 0.4) is 0 Å². The summed E-state index contributed by atoms with van der Waals surface area (Å²) in [7, 11) is 0. The molecule has 0 aliphatic heterocycles. The summed E-state index contributed by atoms with van der Waals surface area (Å²) >= 11 is 0. The molecule has 3 rings (SSSR count). The molecule has 0 atom stereocenters. The predicted octanol–water partition coefficient (Wildman–Crippen LogP) is 2.94. The van der Waals surface area contributed by atoms with E-state index >= 15 is 0 Å². The minimum absolute atomic E-state index is 0.132. The van der Waals surface area contributed by atoms with Gasteiger partial charge in [-0.3, -0.25) is 9.89 Å². The Balaban J connectivity index is 1.67. The number of H-pyrrole nitrogens is 1. The van der Waals surface area contributed by atoms with Crippen molar-refractivity contribution in [3.05, 3.63) is 65.9 Å². The fraction of sp³-hybridized carbons (Fsp3) is 0.105. The summed E-state index contributed by atoms with van der Waals surface area (Å²) < 4.78 is 5.47. The highest BCUT2D eigenvalue weighted by Gasteiger charge is 2.11. The first-order chi connectivity index (χ1) is 12.7. The first-order valence-corrected chi connectivity index (χ1v) is 8.07. The lowest BCUT2D eigenvalue weighted by Gasteiger charge is -2.03. The zero-order valence-corrected chi connectivity index (χ0v) is 14.1. The lowest BCUT2D eigenvalue weighted by molar-refractivity contribution is 0.0950. The van der Waals surface area contributed by atoms with Gasteiger partial charge in [-0.2, -0.15) is 10.2 Å². The minimum atomic E-state index is -0.416. The molecular formula is C19H18N4O3. The van der Waals surface area contributed by atoms with Crippen molar-refractivity contribution in [3.63, 3.8) is 0 Å². The molecule has 132 valence electrons. The highest BCUT2D eigenvalue weighted by atomic mass is 16.5. The highest BCUT2D eigenvalue weighted by molar-refractivity contribution is 5.94. The number of aromatic amines is 1. The average molecular weight is 350 g/mol. The van der Waals surface area contributed by atoms with Gasteiger partial charge in [-0.15, -0.1) is 0 Å². The normalized spacial score (nSPS) is 10.8. The topological polar surface area (TPSA) is 99.6 Å². The quantitative estimate of drug-likeness (QED) is 0.470. The summed E-state index contributed by atoms with van der Waals surface area (Å²) in [5.41, 5.74) is 4.85. The molecule has 1 amide bonds. The van der Waals surface area contributed by atoms with Crippen molar-refractivity contribution in [2.24, 2.45) is 5.10 Å². The van der Waals surface area contributed by atoms with Crippen molar-refractivity contribution in [3.8, 4) is 22.8 Å². The molecule has 1 aromatic heterocycles. The Morgan fingerprint density at radius 3 is 2.92 bits per heavy atom. The van der Waals surface area contributed by atoms with E-state index in [1.165, 1.54) is 12.3 Å². The van der Waals surface area contributed by atoms with Crippen LogP contribution in [0.5, 0.6) is 11.5 Å². The van der Waals surface area contributed by atoms with Crippen LogP contribution in [0.4, 0.5) is 0 Å². The van der Waals surface area contributed by atoms with Gasteiger partial charge in [0.2, 0.25) is 0 Å². The lowest BCUT2D eigenvalue weighted by atomic mass is 10.1. The lowest BCUT2D eigenvalue weighted by Crippen LogP contribution is -2.17. The fourth-order valence-corrected chi connectivity index (χ4v) is 2.33. The van der Waals surface area contributed by atoms with Crippen molar-refractivity contribution in [1.29, 1.82) is 0 Å². The molecule has 2 aromatic carbocycles. The molecule has 0 spiro atoms. The van der Waals surface area contributed by atoms with Gasteiger partial charge in [-0.1, -0.05) is 24.3 Å². The number of hydrazone groups is 1. The van der Waals surface area contributed by atoms with E-state index in [1.807, 2.05) is 31.2 Å². The molecule has 3 aromatic rings. The van der Waals surface area contributed by atoms with Gasteiger partial charge in [0.25, 0.3) is 5.91 Å². The Bertz CT molecular complexity index is 934. The third-order valence-corrected chi connectivity index (χ3v) is 3.51. The molecule has 0 aliphatic rings. The average Bonchev–Trinajstić information content (AvgIpc) is 3.13. The van der Waals surface area contributed by atoms with E-state index in [4.69, 9.17) is 4.74 Å². The van der Waals surface area contributed by atoms with Crippen molar-refractivity contribution in [2.45, 2.75) is 6.92 Å². The molecule has 3 N–H and O–H groups in total. The molecule has 0 bridgehead atoms. The molecular weight excluding hydrogens is 332 g/mol. The molecule has 0 saturated heterocycles. The number of carbonyl (C=O) groups is 1. The van der Waals surface area contributed by atoms with E-state index in [-0.39, 0.29) is 11.4 Å². The van der Waals surface area contributed by atoms with Gasteiger partial charge in [0.05, 0.1) is 18.5 Å². The van der Waals surface area contributed by atoms with Gasteiger partial charge in [0.15, 0.2) is 0 Å². The number of aromatic hydroxyl groups is 1. The van der Waals surface area contributed by atoms with Crippen LogP contribution >= 0.6 is 0 Å². The number of hydrogen-bond donors (Lipinski definition) is 3. The van der Waals surface area contributed by atoms with Crippen LogP contribution in [-0.4, -0.2) is 34.0 Å². The van der Waals surface area contributed by atoms with E-state index in [0.717, 1.165) is 11.3 Å². The smallest absolute Gasteiger partial charge is 0.289 e. The van der Waals surface area contributed by atoms with Gasteiger partial charge < -0.3 is 9.84 Å². The van der Waals surface area contributed by atoms with E-state index in [2.05, 4.69) is 20.7 Å². The van der Waals surface area contributed by atoms with Gasteiger partial charge in [0, 0.05) is 5.56 Å². The van der Waals surface area contributed by atoms with E-state index in [1.54, 1.807) is 24.3 Å². The van der Waals surface area contributed by atoms with Crippen LogP contribution in [0.25, 0.3) is 11.3 Å². The van der Waals surface area contributed by atoms with E-state index < -0.39 is 5.91 Å². The van der Waals surface area contributed by atoms with Crippen LogP contribution < -0.4 is 10.2 Å². The maximum atomic E-state index is 12.1. The maximum absolute atomic E-state index is 12.1. The highest BCUT2D eigenvalue weighted by Crippen LogP contribution is 2.22. The van der Waals surface area contributed by atoms with Crippen molar-refractivity contribution in [1.82, 2.24) is 15.6 Å². The number of hydrogen-bond acceptors (Lipinski definition) is 5. The molecule has 0 fully saturated rings. The van der Waals surface area contributed by atoms with Crippen molar-refractivity contribution < 1.29 is 14.6 Å². The number of rotatable bonds is 6. The van der Waals surface area contributed by atoms with Gasteiger partial charge in [-0.25, -0.2) is 5.43 Å². The van der Waals surface area contributed by atoms with Gasteiger partial charge >= 0.3 is 0 Å². The third-order valence-electron chi connectivity index (χ3n) is 3.51. The van der Waals surface area contributed by atoms with E-state index in [9.17, 15) is 9.90 Å². The number of carbonyl (C=O) groups excluding carboxylic acids is 1. The summed E-state index contributed by atoms with van der Waals surface area (Å²) in [5.74, 6) is 0.462. The number of phenols is 1. The third kappa shape index (κ3) is 4.27. The molecule has 0 unspecified atom stereocenters. The fourth-order valence-electron chi connectivity index (χ4n) is 2.33. The molecule has 1 heterocycles. The summed E-state index contributed by atoms with van der Waals surface area (Å²) in [6.07, 6.45) is 1.44. The number of benzene rings is 2. The minimum Gasteiger partial charge on any atom is -0.508 e. The van der Waals surface area contributed by atoms with Crippen LogP contribution in [0.15, 0.2) is 59.7 Å². The molecule has 0 saturated carbocycles. The summed E-state index contributed by atoms with van der Waals surface area (Å²) in [6.45, 7) is 2.50. The standard InChI is InChI=1S/C19H18N4O3/c1-2-26-16-8-4-6-14(10-16)17-11-18(22-21-17)19(25)23-20-12-13-5-3-7-15(24)9-13/h3-12,24H,2H2,1H3,(H,21,22)(H,23,25). The number of phenolic OH excluding ortho intramolecular Hbond substituents is 1. The second-order valence-electron chi connectivity index (χ2n) is 5.42. The molecule has 7 nitrogen and oxygen atoms in total. The summed E-state index contributed by atoms with van der Waals surface area (Å²) in [6, 6.07) is 15.7. The van der Waals surface area contributed by atoms with Gasteiger partial charge in [0.1, 0.15) is 17.2 Å². The zero-order chi connectivity index (χ0) is 18.4. The number of amides is 1. The number of ether oxygens (including phenoxy) is 1. The van der Waals surface area contributed by atoms with Crippen molar-refractivity contribution in [2.75, 3.05) is 6.61 Å². The molecule has 0 aliphatic carbocycles. The summed E-state index contributed by atoms with van der Waals surface area (Å²) in [4.78, 5) is 12.1.